The van der Waals surface area contributed by atoms with Crippen molar-refractivity contribution < 1.29 is 38.4 Å². The molecule has 0 N–H and O–H groups in total. The summed E-state index contributed by atoms with van der Waals surface area (Å²) < 4.78 is 15.8. The van der Waals surface area contributed by atoms with Crippen LogP contribution in [0.1, 0.15) is 24.5 Å². The number of nitrogens with zero attached hydrogens (tertiary/aromatic N) is 3. The van der Waals surface area contributed by atoms with Crippen LogP contribution in [0.15, 0.2) is 48.5 Å². The molecule has 0 aliphatic carbocycles. The van der Waals surface area contributed by atoms with E-state index in [9.17, 15) is 34.6 Å². The second-order valence-corrected chi connectivity index (χ2v) is 10.0. The summed E-state index contributed by atoms with van der Waals surface area (Å²) in [4.78, 5) is 58.3. The van der Waals surface area contributed by atoms with Crippen LogP contribution in [0.25, 0.3) is 0 Å². The van der Waals surface area contributed by atoms with Crippen molar-refractivity contribution in [2.45, 2.75) is 43.7 Å². The number of β-lactam (4-membered cyclic amide) rings is 1. The fourth-order valence-corrected chi connectivity index (χ4v) is 5.30. The molecular weight excluding hydrogens is 558 g/mol. The molecule has 208 valence electrons. The van der Waals surface area contributed by atoms with E-state index < -0.39 is 44.8 Å². The maximum Gasteiger partial charge on any atom is 0.345 e. The Morgan fingerprint density at radius 3 is 2.08 bits per heavy atom. The molecular formula is C24H24ClN3O10S. The van der Waals surface area contributed by atoms with Crippen molar-refractivity contribution in [3.63, 3.8) is 0 Å². The van der Waals surface area contributed by atoms with Gasteiger partial charge < -0.3 is 19.1 Å². The summed E-state index contributed by atoms with van der Waals surface area (Å²) in [6, 6.07) is 11.1. The molecule has 1 aliphatic heterocycles. The number of hydrogen-bond donors (Lipinski definition) is 0. The minimum Gasteiger partial charge on any atom is -0.458 e. The summed E-state index contributed by atoms with van der Waals surface area (Å²) in [5, 5.41) is 21.1. The molecule has 1 amide bonds. The van der Waals surface area contributed by atoms with Crippen molar-refractivity contribution in [2.75, 3.05) is 5.75 Å². The third kappa shape index (κ3) is 7.65. The number of ether oxygens (including phenoxy) is 3. The summed E-state index contributed by atoms with van der Waals surface area (Å²) in [5.41, 5.74) is -0.504. The number of halogens is 1. The Hall–Kier alpha value is -3.75. The average molecular weight is 582 g/mol. The fourth-order valence-electron chi connectivity index (χ4n) is 3.76. The Balaban J connectivity index is 1.58. The maximum atomic E-state index is 13.0. The van der Waals surface area contributed by atoms with Crippen LogP contribution in [0.4, 0.5) is 11.4 Å². The topological polar surface area (TPSA) is 168 Å². The van der Waals surface area contributed by atoms with Crippen LogP contribution in [0.3, 0.4) is 0 Å². The Bertz CT molecular complexity index is 1200. The van der Waals surface area contributed by atoms with Gasteiger partial charge in [-0.2, -0.15) is 0 Å². The first kappa shape index (κ1) is 29.8. The van der Waals surface area contributed by atoms with E-state index in [-0.39, 0.29) is 37.5 Å². The predicted molar refractivity (Wildman–Crippen MR) is 138 cm³/mol. The fraction of sp³-hybridized carbons (Fsp3) is 0.375. The summed E-state index contributed by atoms with van der Waals surface area (Å²) in [7, 11) is 0. The van der Waals surface area contributed by atoms with E-state index in [2.05, 4.69) is 0 Å². The molecule has 1 heterocycles. The van der Waals surface area contributed by atoms with Crippen LogP contribution >= 0.6 is 23.4 Å². The molecule has 0 aromatic heterocycles. The average Bonchev–Trinajstić information content (AvgIpc) is 2.93. The van der Waals surface area contributed by atoms with E-state index in [1.807, 2.05) is 6.92 Å². The van der Waals surface area contributed by atoms with Crippen molar-refractivity contribution in [3.8, 4) is 0 Å². The van der Waals surface area contributed by atoms with E-state index in [1.165, 1.54) is 65.2 Å². The molecule has 3 rings (SSSR count). The highest BCUT2D eigenvalue weighted by atomic mass is 35.5. The first-order chi connectivity index (χ1) is 18.7. The monoisotopic (exact) mass is 581 g/mol. The van der Waals surface area contributed by atoms with Crippen LogP contribution in [0, 0.1) is 26.1 Å². The van der Waals surface area contributed by atoms with Gasteiger partial charge in [0, 0.05) is 30.7 Å². The normalized spacial score (nSPS) is 18.0. The number of benzene rings is 2. The number of nitro groups is 2. The molecule has 4 unspecified atom stereocenters. The van der Waals surface area contributed by atoms with E-state index in [4.69, 9.17) is 25.8 Å². The number of thioether (sulfide) groups is 1. The van der Waals surface area contributed by atoms with Gasteiger partial charge in [0.25, 0.3) is 17.8 Å². The SMILES string of the molecule is CCSC1C(CC(OC=O)OCc2ccc([N+](=O)[O-])cc2)C(=O)N1C(Cl)C(=O)OCc1ccc([N+](=O)[O-])cc1. The van der Waals surface area contributed by atoms with Gasteiger partial charge in [0.05, 0.1) is 27.7 Å². The van der Waals surface area contributed by atoms with Crippen LogP contribution in [-0.2, 0) is 41.8 Å². The number of nitro benzene ring substituents is 2. The Kier molecular flexibility index (Phi) is 10.6. The van der Waals surface area contributed by atoms with E-state index >= 15 is 0 Å². The van der Waals surface area contributed by atoms with Crippen molar-refractivity contribution in [1.82, 2.24) is 4.90 Å². The molecule has 1 fully saturated rings. The number of rotatable bonds is 15. The minimum atomic E-state index is -1.41. The quantitative estimate of drug-likeness (QED) is 0.0438. The van der Waals surface area contributed by atoms with Gasteiger partial charge in [-0.15, -0.1) is 11.8 Å². The predicted octanol–water partition coefficient (Wildman–Crippen LogP) is 3.75. The molecule has 0 bridgehead atoms. The van der Waals surface area contributed by atoms with Gasteiger partial charge in [0.1, 0.15) is 6.61 Å². The van der Waals surface area contributed by atoms with E-state index in [0.29, 0.717) is 16.9 Å². The van der Waals surface area contributed by atoms with Crippen molar-refractivity contribution in [2.24, 2.45) is 5.92 Å². The van der Waals surface area contributed by atoms with Gasteiger partial charge in [-0.25, -0.2) is 4.79 Å². The second kappa shape index (κ2) is 13.9. The lowest BCUT2D eigenvalue weighted by Gasteiger charge is -2.48. The van der Waals surface area contributed by atoms with E-state index in [1.54, 1.807) is 0 Å². The van der Waals surface area contributed by atoms with Crippen LogP contribution in [-0.4, -0.2) is 56.0 Å². The number of likely N-dealkylation sites (tertiary alicyclic amines) is 1. The van der Waals surface area contributed by atoms with Gasteiger partial charge in [-0.3, -0.25) is 29.8 Å². The Labute approximate surface area is 231 Å². The zero-order valence-electron chi connectivity index (χ0n) is 20.5. The maximum absolute atomic E-state index is 13.0. The standard InChI is InChI=1S/C24H24ClN3O10S/c1-2-39-23-19(11-20(38-14-29)36-12-15-3-7-17(8-4-15)27(32)33)22(30)26(23)21(25)24(31)37-13-16-5-9-18(10-6-16)28(34)35/h3-10,14,19-21,23H,2,11-13H2,1H3. The summed E-state index contributed by atoms with van der Waals surface area (Å²) in [5.74, 6) is -1.39. The third-order valence-corrected chi connectivity index (χ3v) is 7.35. The second-order valence-electron chi connectivity index (χ2n) is 8.20. The van der Waals surface area contributed by atoms with Gasteiger partial charge in [-0.05, 0) is 41.1 Å². The minimum absolute atomic E-state index is 0.000171. The molecule has 0 spiro atoms. The van der Waals surface area contributed by atoms with Crippen molar-refractivity contribution >= 4 is 53.1 Å². The number of carbonyl (C=O) groups is 3. The molecule has 1 aliphatic rings. The van der Waals surface area contributed by atoms with E-state index in [0.717, 1.165) is 0 Å². The number of amides is 1. The van der Waals surface area contributed by atoms with Crippen LogP contribution < -0.4 is 0 Å². The molecule has 15 heteroatoms. The lowest BCUT2D eigenvalue weighted by atomic mass is 9.94. The molecule has 2 aromatic carbocycles. The highest BCUT2D eigenvalue weighted by molar-refractivity contribution is 7.99. The number of alkyl halides is 1. The zero-order chi connectivity index (χ0) is 28.5. The molecule has 2 aromatic rings. The van der Waals surface area contributed by atoms with Crippen LogP contribution in [0.5, 0.6) is 0 Å². The molecule has 0 radical (unpaired) electrons. The summed E-state index contributed by atoms with van der Waals surface area (Å²) in [6.45, 7) is 1.84. The number of non-ortho nitro benzene ring substituents is 2. The van der Waals surface area contributed by atoms with Crippen molar-refractivity contribution in [3.05, 3.63) is 79.9 Å². The molecule has 1 saturated heterocycles. The third-order valence-electron chi connectivity index (χ3n) is 5.73. The lowest BCUT2D eigenvalue weighted by molar-refractivity contribution is -0.385. The summed E-state index contributed by atoms with van der Waals surface area (Å²) >= 11 is 7.66. The van der Waals surface area contributed by atoms with Gasteiger partial charge in [-0.1, -0.05) is 18.5 Å². The Morgan fingerprint density at radius 2 is 1.59 bits per heavy atom. The van der Waals surface area contributed by atoms with Gasteiger partial charge >= 0.3 is 5.97 Å². The molecule has 13 nitrogen and oxygen atoms in total. The smallest absolute Gasteiger partial charge is 0.345 e. The number of esters is 1. The highest BCUT2D eigenvalue weighted by Gasteiger charge is 2.53. The lowest BCUT2D eigenvalue weighted by Crippen LogP contribution is -2.64. The van der Waals surface area contributed by atoms with Gasteiger partial charge in [0.2, 0.25) is 17.7 Å². The highest BCUT2D eigenvalue weighted by Crippen LogP contribution is 2.41. The number of carbonyl (C=O) groups excluding carboxylic acids is 3. The molecule has 39 heavy (non-hydrogen) atoms. The van der Waals surface area contributed by atoms with Crippen molar-refractivity contribution in [1.29, 1.82) is 0 Å². The zero-order valence-corrected chi connectivity index (χ0v) is 22.1. The molecule has 4 atom stereocenters. The molecule has 0 saturated carbocycles. The first-order valence-corrected chi connectivity index (χ1v) is 13.1. The first-order valence-electron chi connectivity index (χ1n) is 11.6. The number of hydrogen-bond acceptors (Lipinski definition) is 11. The van der Waals surface area contributed by atoms with Crippen LogP contribution in [0.2, 0.25) is 0 Å². The van der Waals surface area contributed by atoms with Gasteiger partial charge in [0.15, 0.2) is 0 Å². The summed E-state index contributed by atoms with van der Waals surface area (Å²) in [6.07, 6.45) is -1.09. The Morgan fingerprint density at radius 1 is 1.05 bits per heavy atom. The largest absolute Gasteiger partial charge is 0.458 e.